The van der Waals surface area contributed by atoms with E-state index in [1.807, 2.05) is 20.8 Å². The number of para-hydroxylation sites is 1. The molecule has 0 radical (unpaired) electrons. The summed E-state index contributed by atoms with van der Waals surface area (Å²) in [6.45, 7) is 6.50. The van der Waals surface area contributed by atoms with E-state index in [4.69, 9.17) is 32.7 Å². The topological polar surface area (TPSA) is 18.5 Å². The molecule has 0 N–H and O–H groups in total. The van der Waals surface area contributed by atoms with Crippen LogP contribution in [0.1, 0.15) is 20.8 Å². The van der Waals surface area contributed by atoms with Gasteiger partial charge in [-0.3, -0.25) is 0 Å². The number of rotatable bonds is 5. The van der Waals surface area contributed by atoms with Crippen LogP contribution in [-0.4, -0.2) is 18.8 Å². The quantitative estimate of drug-likeness (QED) is 0.793. The molecule has 0 heterocycles. The molecular formula is C12H16Cl2O2. The van der Waals surface area contributed by atoms with Crippen molar-refractivity contribution in [3.63, 3.8) is 0 Å². The van der Waals surface area contributed by atoms with Gasteiger partial charge < -0.3 is 9.47 Å². The summed E-state index contributed by atoms with van der Waals surface area (Å²) in [7, 11) is 0. The van der Waals surface area contributed by atoms with Gasteiger partial charge in [0.05, 0.1) is 16.1 Å². The first kappa shape index (κ1) is 13.6. The standard InChI is InChI=1S/C12H16Cl2O2/c1-4-15-8(2)9(3)16-12-10(13)6-5-7-11(12)14/h5-9H,4H2,1-3H3. The number of benzene rings is 1. The number of ether oxygens (including phenoxy) is 2. The Bertz CT molecular complexity index is 322. The molecule has 16 heavy (non-hydrogen) atoms. The van der Waals surface area contributed by atoms with Gasteiger partial charge in [-0.05, 0) is 32.9 Å². The highest BCUT2D eigenvalue weighted by Gasteiger charge is 2.16. The number of hydrogen-bond acceptors (Lipinski definition) is 2. The van der Waals surface area contributed by atoms with Gasteiger partial charge in [-0.2, -0.15) is 0 Å². The molecule has 2 atom stereocenters. The molecule has 1 rings (SSSR count). The number of halogens is 2. The van der Waals surface area contributed by atoms with Gasteiger partial charge in [0.1, 0.15) is 6.10 Å². The van der Waals surface area contributed by atoms with Crippen LogP contribution in [0.25, 0.3) is 0 Å². The van der Waals surface area contributed by atoms with Crippen LogP contribution in [0.3, 0.4) is 0 Å². The van der Waals surface area contributed by atoms with Crippen LogP contribution in [0, 0.1) is 0 Å². The average Bonchev–Trinajstić information content (AvgIpc) is 2.23. The molecule has 4 heteroatoms. The second kappa shape index (κ2) is 6.33. The highest BCUT2D eigenvalue weighted by molar-refractivity contribution is 6.37. The Morgan fingerprint density at radius 2 is 1.69 bits per heavy atom. The molecule has 0 saturated carbocycles. The maximum absolute atomic E-state index is 6.01. The summed E-state index contributed by atoms with van der Waals surface area (Å²) in [5, 5.41) is 1.03. The molecule has 0 aromatic heterocycles. The lowest BCUT2D eigenvalue weighted by Gasteiger charge is -2.22. The van der Waals surface area contributed by atoms with Gasteiger partial charge in [0.2, 0.25) is 0 Å². The Labute approximate surface area is 106 Å². The van der Waals surface area contributed by atoms with Crippen molar-refractivity contribution >= 4 is 23.2 Å². The summed E-state index contributed by atoms with van der Waals surface area (Å²) in [4.78, 5) is 0. The van der Waals surface area contributed by atoms with E-state index in [9.17, 15) is 0 Å². The van der Waals surface area contributed by atoms with Gasteiger partial charge in [-0.15, -0.1) is 0 Å². The van der Waals surface area contributed by atoms with Crippen molar-refractivity contribution < 1.29 is 9.47 Å². The summed E-state index contributed by atoms with van der Waals surface area (Å²) < 4.78 is 11.1. The zero-order chi connectivity index (χ0) is 12.1. The normalized spacial score (nSPS) is 14.6. The van der Waals surface area contributed by atoms with Crippen LogP contribution in [0.5, 0.6) is 5.75 Å². The van der Waals surface area contributed by atoms with E-state index in [2.05, 4.69) is 0 Å². The van der Waals surface area contributed by atoms with E-state index in [0.717, 1.165) is 0 Å². The van der Waals surface area contributed by atoms with E-state index < -0.39 is 0 Å². The van der Waals surface area contributed by atoms with Crippen molar-refractivity contribution in [2.75, 3.05) is 6.61 Å². The molecule has 0 fully saturated rings. The first-order valence-corrected chi connectivity index (χ1v) is 6.04. The van der Waals surface area contributed by atoms with Gasteiger partial charge in [0, 0.05) is 6.61 Å². The Kier molecular flexibility index (Phi) is 5.39. The van der Waals surface area contributed by atoms with Crippen molar-refractivity contribution in [3.8, 4) is 5.75 Å². The van der Waals surface area contributed by atoms with Crippen LogP contribution >= 0.6 is 23.2 Å². The molecule has 1 aromatic carbocycles. The summed E-state index contributed by atoms with van der Waals surface area (Å²) in [6.07, 6.45) is -0.102. The monoisotopic (exact) mass is 262 g/mol. The Balaban J connectivity index is 2.72. The van der Waals surface area contributed by atoms with Crippen molar-refractivity contribution in [2.24, 2.45) is 0 Å². The fraction of sp³-hybridized carbons (Fsp3) is 0.500. The number of hydrogen-bond donors (Lipinski definition) is 0. The van der Waals surface area contributed by atoms with Gasteiger partial charge in [-0.1, -0.05) is 29.3 Å². The van der Waals surface area contributed by atoms with Crippen molar-refractivity contribution in [3.05, 3.63) is 28.2 Å². The van der Waals surface area contributed by atoms with Crippen molar-refractivity contribution in [2.45, 2.75) is 33.0 Å². The van der Waals surface area contributed by atoms with E-state index in [0.29, 0.717) is 22.4 Å². The maximum atomic E-state index is 6.01. The predicted molar refractivity (Wildman–Crippen MR) is 67.6 cm³/mol. The minimum atomic E-state index is -0.0997. The van der Waals surface area contributed by atoms with Crippen molar-refractivity contribution in [1.29, 1.82) is 0 Å². The lowest BCUT2D eigenvalue weighted by Crippen LogP contribution is -2.28. The molecule has 0 amide bonds. The van der Waals surface area contributed by atoms with Gasteiger partial charge >= 0.3 is 0 Å². The van der Waals surface area contributed by atoms with Crippen LogP contribution in [0.15, 0.2) is 18.2 Å². The van der Waals surface area contributed by atoms with Gasteiger partial charge in [0.15, 0.2) is 5.75 Å². The highest BCUT2D eigenvalue weighted by atomic mass is 35.5. The second-order valence-corrected chi connectivity index (χ2v) is 4.35. The lowest BCUT2D eigenvalue weighted by atomic mass is 10.2. The Hall–Kier alpha value is -0.440. The summed E-state index contributed by atoms with van der Waals surface area (Å²) in [6, 6.07) is 5.29. The third kappa shape index (κ3) is 3.55. The minimum Gasteiger partial charge on any atom is -0.485 e. The third-order valence-corrected chi connectivity index (χ3v) is 2.91. The van der Waals surface area contributed by atoms with Crippen molar-refractivity contribution in [1.82, 2.24) is 0 Å². The molecular weight excluding hydrogens is 247 g/mol. The summed E-state index contributed by atoms with van der Waals surface area (Å²) in [5.41, 5.74) is 0. The van der Waals surface area contributed by atoms with E-state index in [-0.39, 0.29) is 12.2 Å². The second-order valence-electron chi connectivity index (χ2n) is 3.53. The molecule has 1 aromatic rings. The maximum Gasteiger partial charge on any atom is 0.157 e. The fourth-order valence-electron chi connectivity index (χ4n) is 1.28. The van der Waals surface area contributed by atoms with Gasteiger partial charge in [-0.25, -0.2) is 0 Å². The molecule has 90 valence electrons. The lowest BCUT2D eigenvalue weighted by molar-refractivity contribution is -0.00106. The predicted octanol–water partition coefficient (Wildman–Crippen LogP) is 4.19. The highest BCUT2D eigenvalue weighted by Crippen LogP contribution is 2.33. The summed E-state index contributed by atoms with van der Waals surface area (Å²) in [5.74, 6) is 0.518. The van der Waals surface area contributed by atoms with Crippen LogP contribution in [0.4, 0.5) is 0 Å². The molecule has 0 saturated heterocycles. The molecule has 2 nitrogen and oxygen atoms in total. The van der Waals surface area contributed by atoms with Crippen LogP contribution in [0.2, 0.25) is 10.0 Å². The summed E-state index contributed by atoms with van der Waals surface area (Å²) >= 11 is 12.0. The first-order chi connectivity index (χ1) is 7.56. The molecule has 0 aliphatic carbocycles. The van der Waals surface area contributed by atoms with Gasteiger partial charge in [0.25, 0.3) is 0 Å². The molecule has 0 aliphatic heterocycles. The Morgan fingerprint density at radius 3 is 2.19 bits per heavy atom. The smallest absolute Gasteiger partial charge is 0.157 e. The SMILES string of the molecule is CCOC(C)C(C)Oc1c(Cl)cccc1Cl. The zero-order valence-electron chi connectivity index (χ0n) is 9.67. The molecule has 0 spiro atoms. The molecule has 2 unspecified atom stereocenters. The van der Waals surface area contributed by atoms with Crippen LogP contribution in [-0.2, 0) is 4.74 Å². The average molecular weight is 263 g/mol. The molecule has 0 aliphatic rings. The largest absolute Gasteiger partial charge is 0.485 e. The van der Waals surface area contributed by atoms with Crippen LogP contribution < -0.4 is 4.74 Å². The van der Waals surface area contributed by atoms with E-state index in [1.54, 1.807) is 18.2 Å². The minimum absolute atomic E-state index is 0.00246. The fourth-order valence-corrected chi connectivity index (χ4v) is 1.76. The third-order valence-electron chi connectivity index (χ3n) is 2.31. The van der Waals surface area contributed by atoms with E-state index in [1.165, 1.54) is 0 Å². The zero-order valence-corrected chi connectivity index (χ0v) is 11.2. The Morgan fingerprint density at radius 1 is 1.12 bits per heavy atom. The van der Waals surface area contributed by atoms with E-state index >= 15 is 0 Å². The molecule has 0 bridgehead atoms. The first-order valence-electron chi connectivity index (χ1n) is 5.28.